The van der Waals surface area contributed by atoms with Crippen LogP contribution >= 0.6 is 0 Å². The summed E-state index contributed by atoms with van der Waals surface area (Å²) in [6.07, 6.45) is 6.17. The van der Waals surface area contributed by atoms with E-state index in [-0.39, 0.29) is 23.7 Å². The molecular weight excluding hydrogens is 474 g/mol. The van der Waals surface area contributed by atoms with Crippen LogP contribution in [0.1, 0.15) is 54.8 Å². The van der Waals surface area contributed by atoms with E-state index in [9.17, 15) is 13.7 Å². The molecule has 0 spiro atoms. The maximum atomic E-state index is 12.3. The molecule has 0 saturated heterocycles. The lowest BCUT2D eigenvalue weighted by atomic mass is 9.89. The molecule has 5 rings (SSSR count). The molecule has 2 aromatic carbocycles. The normalized spacial score (nSPS) is 19.0. The molecule has 9 heteroatoms. The Morgan fingerprint density at radius 2 is 1.89 bits per heavy atom. The first kappa shape index (κ1) is 24.1. The van der Waals surface area contributed by atoms with E-state index in [1.165, 1.54) is 12.8 Å². The van der Waals surface area contributed by atoms with Crippen LogP contribution in [0.3, 0.4) is 0 Å². The quantitative estimate of drug-likeness (QED) is 0.422. The third-order valence-corrected chi connectivity index (χ3v) is 8.17. The van der Waals surface area contributed by atoms with Gasteiger partial charge in [0.15, 0.2) is 0 Å². The van der Waals surface area contributed by atoms with Crippen molar-refractivity contribution in [2.45, 2.75) is 45.1 Å². The molecule has 0 bridgehead atoms. The number of anilines is 2. The standard InChI is InChI=1S/C27H29N5O3S/c1-3-13-36(33,34)31-20-7-9-22(18(2)14-20)26-24(16-28)23-10-8-21(35-27-29-11-4-12-30-27)15-25(23)32(26)17-19-5-6-19/h4,7-12,14-15,19,24,26,31H,3,5-6,13,17H2,1-2H3. The number of ether oxygens (including phenoxy) is 1. The lowest BCUT2D eigenvalue weighted by Gasteiger charge is -2.30. The van der Waals surface area contributed by atoms with Crippen molar-refractivity contribution in [1.29, 1.82) is 5.26 Å². The lowest BCUT2D eigenvalue weighted by molar-refractivity contribution is 0.441. The van der Waals surface area contributed by atoms with Crippen molar-refractivity contribution in [3.05, 3.63) is 71.5 Å². The fourth-order valence-electron chi connectivity index (χ4n) is 4.89. The fraction of sp³-hybridized carbons (Fsp3) is 0.370. The summed E-state index contributed by atoms with van der Waals surface area (Å²) in [5.74, 6) is 0.938. The molecule has 1 fully saturated rings. The summed E-state index contributed by atoms with van der Waals surface area (Å²) in [4.78, 5) is 10.6. The van der Waals surface area contributed by atoms with E-state index in [4.69, 9.17) is 4.74 Å². The van der Waals surface area contributed by atoms with E-state index in [1.54, 1.807) is 24.5 Å². The summed E-state index contributed by atoms with van der Waals surface area (Å²) in [5, 5.41) is 10.3. The molecule has 2 aliphatic rings. The highest BCUT2D eigenvalue weighted by Gasteiger charge is 2.42. The molecule has 36 heavy (non-hydrogen) atoms. The average Bonchev–Trinajstić information content (AvgIpc) is 3.61. The van der Waals surface area contributed by atoms with Crippen molar-refractivity contribution in [3.8, 4) is 17.8 Å². The van der Waals surface area contributed by atoms with E-state index in [1.807, 2.05) is 44.2 Å². The highest BCUT2D eigenvalue weighted by atomic mass is 32.2. The molecule has 1 aliphatic heterocycles. The number of hydrogen-bond donors (Lipinski definition) is 1. The van der Waals surface area contributed by atoms with Crippen LogP contribution in [0.5, 0.6) is 11.8 Å². The maximum Gasteiger partial charge on any atom is 0.321 e. The SMILES string of the molecule is CCCS(=O)(=O)Nc1ccc(C2C(C#N)c3ccc(Oc4ncccn4)cc3N2CC2CC2)c(C)c1. The summed E-state index contributed by atoms with van der Waals surface area (Å²) in [5.41, 5.74) is 4.46. The molecule has 2 atom stereocenters. The molecule has 186 valence electrons. The molecule has 1 aromatic heterocycles. The first-order valence-corrected chi connectivity index (χ1v) is 13.9. The van der Waals surface area contributed by atoms with Gasteiger partial charge < -0.3 is 9.64 Å². The molecule has 3 aromatic rings. The Morgan fingerprint density at radius 1 is 1.14 bits per heavy atom. The van der Waals surface area contributed by atoms with Gasteiger partial charge in [-0.05, 0) is 73.1 Å². The fourth-order valence-corrected chi connectivity index (χ4v) is 6.02. The monoisotopic (exact) mass is 503 g/mol. The van der Waals surface area contributed by atoms with E-state index >= 15 is 0 Å². The number of hydrogen-bond acceptors (Lipinski definition) is 7. The zero-order chi connectivity index (χ0) is 25.3. The topological polar surface area (TPSA) is 108 Å². The second kappa shape index (κ2) is 9.78. The minimum Gasteiger partial charge on any atom is -0.424 e. The Labute approximate surface area is 212 Å². The van der Waals surface area contributed by atoms with Crippen LogP contribution in [-0.2, 0) is 10.0 Å². The summed E-state index contributed by atoms with van der Waals surface area (Å²) >= 11 is 0. The van der Waals surface area contributed by atoms with Crippen LogP contribution in [0.2, 0.25) is 0 Å². The van der Waals surface area contributed by atoms with Gasteiger partial charge in [-0.15, -0.1) is 0 Å². The van der Waals surface area contributed by atoms with Crippen molar-refractivity contribution < 1.29 is 13.2 Å². The Bertz CT molecular complexity index is 1400. The number of nitrogens with zero attached hydrogens (tertiary/aromatic N) is 4. The number of aromatic nitrogens is 2. The minimum atomic E-state index is -3.38. The van der Waals surface area contributed by atoms with Crippen molar-refractivity contribution in [2.75, 3.05) is 21.9 Å². The van der Waals surface area contributed by atoms with Crippen LogP contribution in [0, 0.1) is 24.2 Å². The van der Waals surface area contributed by atoms with Gasteiger partial charge in [0.05, 0.1) is 23.8 Å². The largest absolute Gasteiger partial charge is 0.424 e. The van der Waals surface area contributed by atoms with Gasteiger partial charge >= 0.3 is 6.01 Å². The van der Waals surface area contributed by atoms with Crippen LogP contribution < -0.4 is 14.4 Å². The second-order valence-corrected chi connectivity index (χ2v) is 11.3. The minimum absolute atomic E-state index is 0.0792. The van der Waals surface area contributed by atoms with Gasteiger partial charge in [-0.3, -0.25) is 4.72 Å². The van der Waals surface area contributed by atoms with Crippen molar-refractivity contribution in [2.24, 2.45) is 5.92 Å². The van der Waals surface area contributed by atoms with E-state index < -0.39 is 10.0 Å². The molecule has 1 saturated carbocycles. The van der Waals surface area contributed by atoms with Crippen LogP contribution in [-0.4, -0.2) is 30.7 Å². The molecule has 8 nitrogen and oxygen atoms in total. The summed E-state index contributed by atoms with van der Waals surface area (Å²) in [6, 6.07) is 15.8. The number of benzene rings is 2. The Hall–Kier alpha value is -3.64. The van der Waals surface area contributed by atoms with Gasteiger partial charge in [0.1, 0.15) is 5.75 Å². The lowest BCUT2D eigenvalue weighted by Crippen LogP contribution is -2.29. The molecule has 1 N–H and O–H groups in total. The second-order valence-electron chi connectivity index (χ2n) is 9.49. The number of rotatable bonds is 9. The zero-order valence-corrected chi connectivity index (χ0v) is 21.2. The first-order valence-electron chi connectivity index (χ1n) is 12.2. The highest BCUT2D eigenvalue weighted by Crippen LogP contribution is 2.52. The third kappa shape index (κ3) is 5.00. The Morgan fingerprint density at radius 3 is 2.56 bits per heavy atom. The van der Waals surface area contributed by atoms with Gasteiger partial charge in [-0.25, -0.2) is 18.4 Å². The maximum absolute atomic E-state index is 12.3. The van der Waals surface area contributed by atoms with Crippen molar-refractivity contribution >= 4 is 21.4 Å². The van der Waals surface area contributed by atoms with E-state index in [2.05, 4.69) is 25.7 Å². The Kier molecular flexibility index (Phi) is 6.54. The van der Waals surface area contributed by atoms with Gasteiger partial charge in [0, 0.05) is 36.4 Å². The highest BCUT2D eigenvalue weighted by molar-refractivity contribution is 7.92. The van der Waals surface area contributed by atoms with Gasteiger partial charge in [-0.1, -0.05) is 19.1 Å². The van der Waals surface area contributed by atoms with E-state index in [0.717, 1.165) is 28.9 Å². The van der Waals surface area contributed by atoms with Gasteiger partial charge in [0.2, 0.25) is 10.0 Å². The predicted molar refractivity (Wildman–Crippen MR) is 139 cm³/mol. The number of nitriles is 1. The zero-order valence-electron chi connectivity index (χ0n) is 20.4. The molecule has 1 aliphatic carbocycles. The molecule has 0 radical (unpaired) electrons. The number of nitrogens with one attached hydrogen (secondary N) is 1. The molecule has 2 unspecified atom stereocenters. The number of sulfonamides is 1. The molecule has 2 heterocycles. The smallest absolute Gasteiger partial charge is 0.321 e. The number of aryl methyl sites for hydroxylation is 1. The average molecular weight is 504 g/mol. The third-order valence-electron chi connectivity index (χ3n) is 6.67. The predicted octanol–water partition coefficient (Wildman–Crippen LogP) is 5.31. The summed E-state index contributed by atoms with van der Waals surface area (Å²) < 4.78 is 33.1. The first-order chi connectivity index (χ1) is 17.4. The van der Waals surface area contributed by atoms with Gasteiger partial charge in [0.25, 0.3) is 0 Å². The van der Waals surface area contributed by atoms with Gasteiger partial charge in [-0.2, -0.15) is 5.26 Å². The summed E-state index contributed by atoms with van der Waals surface area (Å²) in [6.45, 7) is 4.66. The van der Waals surface area contributed by atoms with Crippen molar-refractivity contribution in [1.82, 2.24) is 9.97 Å². The molecular formula is C27H29N5O3S. The van der Waals surface area contributed by atoms with Crippen LogP contribution in [0.15, 0.2) is 54.9 Å². The Balaban J connectivity index is 1.49. The number of fused-ring (bicyclic) bond motifs is 1. The summed E-state index contributed by atoms with van der Waals surface area (Å²) in [7, 11) is -3.38. The van der Waals surface area contributed by atoms with Crippen LogP contribution in [0.25, 0.3) is 0 Å². The van der Waals surface area contributed by atoms with Crippen LogP contribution in [0.4, 0.5) is 11.4 Å². The van der Waals surface area contributed by atoms with Crippen molar-refractivity contribution in [3.63, 3.8) is 0 Å². The molecule has 0 amide bonds. The van der Waals surface area contributed by atoms with E-state index in [0.29, 0.717) is 23.8 Å².